The van der Waals surface area contributed by atoms with Crippen LogP contribution < -0.4 is 0 Å². The van der Waals surface area contributed by atoms with Crippen molar-refractivity contribution < 1.29 is 9.90 Å². The number of carbonyl (C=O) groups is 1. The number of hydrogen-bond acceptors (Lipinski definition) is 5. The van der Waals surface area contributed by atoms with Crippen molar-refractivity contribution >= 4 is 39.1 Å². The standard InChI is InChI=1S/C22H21ClN4O2S/c1-2-14(7-8-27-12-24-25-13-27)9-15-3-6-19-20(10-15)30-21(26-19)16-4-5-17(22(28)29)18(23)11-16/h3-6,10-14H,2,7-9H2,1H3,(H,28,29). The summed E-state index contributed by atoms with van der Waals surface area (Å²) in [7, 11) is 0. The third kappa shape index (κ3) is 4.52. The normalized spacial score (nSPS) is 12.3. The van der Waals surface area contributed by atoms with Crippen molar-refractivity contribution in [3.05, 3.63) is 65.2 Å². The van der Waals surface area contributed by atoms with Crippen LogP contribution in [-0.4, -0.2) is 30.8 Å². The molecule has 0 aliphatic heterocycles. The number of carboxylic acids is 1. The van der Waals surface area contributed by atoms with Gasteiger partial charge in [-0.25, -0.2) is 9.78 Å². The molecule has 6 nitrogen and oxygen atoms in total. The molecular weight excluding hydrogens is 420 g/mol. The van der Waals surface area contributed by atoms with Gasteiger partial charge >= 0.3 is 5.97 Å². The lowest BCUT2D eigenvalue weighted by atomic mass is 9.94. The second-order valence-corrected chi connectivity index (χ2v) is 8.73. The van der Waals surface area contributed by atoms with Gasteiger partial charge < -0.3 is 9.67 Å². The average Bonchev–Trinajstić information content (AvgIpc) is 3.40. The van der Waals surface area contributed by atoms with Gasteiger partial charge in [-0.2, -0.15) is 0 Å². The zero-order chi connectivity index (χ0) is 21.1. The van der Waals surface area contributed by atoms with E-state index in [4.69, 9.17) is 21.7 Å². The van der Waals surface area contributed by atoms with Gasteiger partial charge in [0.15, 0.2) is 0 Å². The number of rotatable bonds is 8. The molecule has 0 amide bonds. The second kappa shape index (κ2) is 8.93. The minimum Gasteiger partial charge on any atom is -0.478 e. The third-order valence-electron chi connectivity index (χ3n) is 5.26. The van der Waals surface area contributed by atoms with E-state index >= 15 is 0 Å². The number of aromatic nitrogens is 4. The Kier molecular flexibility index (Phi) is 6.11. The Morgan fingerprint density at radius 1 is 1.20 bits per heavy atom. The van der Waals surface area contributed by atoms with Crippen LogP contribution in [-0.2, 0) is 13.0 Å². The van der Waals surface area contributed by atoms with Crippen molar-refractivity contribution in [1.29, 1.82) is 0 Å². The van der Waals surface area contributed by atoms with E-state index in [9.17, 15) is 4.79 Å². The maximum absolute atomic E-state index is 11.2. The van der Waals surface area contributed by atoms with E-state index in [1.54, 1.807) is 36.1 Å². The molecule has 1 unspecified atom stereocenters. The van der Waals surface area contributed by atoms with Gasteiger partial charge in [0.05, 0.1) is 20.8 Å². The van der Waals surface area contributed by atoms with E-state index in [1.165, 1.54) is 11.6 Å². The van der Waals surface area contributed by atoms with Crippen LogP contribution in [0, 0.1) is 5.92 Å². The first kappa shape index (κ1) is 20.5. The Labute approximate surface area is 183 Å². The van der Waals surface area contributed by atoms with E-state index in [2.05, 4.69) is 35.3 Å². The highest BCUT2D eigenvalue weighted by Crippen LogP contribution is 2.33. The summed E-state index contributed by atoms with van der Waals surface area (Å²) in [5, 5.41) is 17.9. The summed E-state index contributed by atoms with van der Waals surface area (Å²) >= 11 is 7.72. The molecule has 0 aliphatic carbocycles. The molecule has 1 atom stereocenters. The van der Waals surface area contributed by atoms with Gasteiger partial charge in [0.25, 0.3) is 0 Å². The lowest BCUT2D eigenvalue weighted by molar-refractivity contribution is 0.0697. The summed E-state index contributed by atoms with van der Waals surface area (Å²) in [6, 6.07) is 11.4. The van der Waals surface area contributed by atoms with Gasteiger partial charge in [-0.05, 0) is 48.6 Å². The van der Waals surface area contributed by atoms with Crippen LogP contribution in [0.4, 0.5) is 0 Å². The summed E-state index contributed by atoms with van der Waals surface area (Å²) in [6.45, 7) is 3.15. The number of aryl methyl sites for hydroxylation is 1. The number of hydrogen-bond donors (Lipinski definition) is 1. The molecule has 154 valence electrons. The van der Waals surface area contributed by atoms with Gasteiger partial charge in [0.2, 0.25) is 0 Å². The zero-order valence-electron chi connectivity index (χ0n) is 16.5. The molecule has 0 fully saturated rings. The molecule has 4 rings (SSSR count). The van der Waals surface area contributed by atoms with Crippen LogP contribution in [0.3, 0.4) is 0 Å². The van der Waals surface area contributed by atoms with Crippen LogP contribution >= 0.6 is 22.9 Å². The molecule has 0 aliphatic rings. The molecule has 1 N–H and O–H groups in total. The van der Waals surface area contributed by atoms with Crippen molar-refractivity contribution in [3.8, 4) is 10.6 Å². The molecule has 0 saturated carbocycles. The van der Waals surface area contributed by atoms with Gasteiger partial charge in [-0.1, -0.05) is 37.1 Å². The molecule has 0 bridgehead atoms. The van der Waals surface area contributed by atoms with Crippen LogP contribution in [0.25, 0.3) is 20.8 Å². The summed E-state index contributed by atoms with van der Waals surface area (Å²) in [4.78, 5) is 15.9. The highest BCUT2D eigenvalue weighted by atomic mass is 35.5. The largest absolute Gasteiger partial charge is 0.478 e. The highest BCUT2D eigenvalue weighted by molar-refractivity contribution is 7.21. The number of fused-ring (bicyclic) bond motifs is 1. The van der Waals surface area contributed by atoms with E-state index in [1.807, 2.05) is 4.57 Å². The first-order valence-electron chi connectivity index (χ1n) is 9.78. The van der Waals surface area contributed by atoms with Crippen LogP contribution in [0.5, 0.6) is 0 Å². The quantitative estimate of drug-likeness (QED) is 0.387. The molecule has 2 aromatic carbocycles. The lowest BCUT2D eigenvalue weighted by Crippen LogP contribution is -2.07. The predicted octanol–water partition coefficient (Wildman–Crippen LogP) is 5.57. The van der Waals surface area contributed by atoms with Gasteiger partial charge in [-0.3, -0.25) is 0 Å². The molecule has 0 radical (unpaired) electrons. The molecule has 0 saturated heterocycles. The number of thiazole rings is 1. The van der Waals surface area contributed by atoms with Crippen LogP contribution in [0.15, 0.2) is 49.1 Å². The fourth-order valence-electron chi connectivity index (χ4n) is 3.49. The van der Waals surface area contributed by atoms with Gasteiger partial charge in [0.1, 0.15) is 17.7 Å². The smallest absolute Gasteiger partial charge is 0.337 e. The first-order chi connectivity index (χ1) is 14.5. The Balaban J connectivity index is 1.52. The number of halogens is 1. The Morgan fingerprint density at radius 2 is 2.00 bits per heavy atom. The lowest BCUT2D eigenvalue weighted by Gasteiger charge is -2.15. The van der Waals surface area contributed by atoms with E-state index in [0.717, 1.165) is 46.6 Å². The maximum atomic E-state index is 11.2. The molecular formula is C22H21ClN4O2S. The number of carboxylic acid groups (broad SMARTS) is 1. The van der Waals surface area contributed by atoms with E-state index < -0.39 is 5.97 Å². The Bertz CT molecular complexity index is 1170. The monoisotopic (exact) mass is 440 g/mol. The number of aromatic carboxylic acids is 1. The number of benzene rings is 2. The van der Waals surface area contributed by atoms with Crippen molar-refractivity contribution in [2.24, 2.45) is 5.92 Å². The van der Waals surface area contributed by atoms with Crippen LogP contribution in [0.1, 0.15) is 35.7 Å². The second-order valence-electron chi connectivity index (χ2n) is 7.29. The SMILES string of the molecule is CCC(CCn1cnnc1)Cc1ccc2nc(-c3ccc(C(=O)O)c(Cl)c3)sc2c1. The first-order valence-corrected chi connectivity index (χ1v) is 11.0. The predicted molar refractivity (Wildman–Crippen MR) is 119 cm³/mol. The fourth-order valence-corrected chi connectivity index (χ4v) is 4.78. The molecule has 4 aromatic rings. The molecule has 2 aromatic heterocycles. The summed E-state index contributed by atoms with van der Waals surface area (Å²) in [5.74, 6) is -0.449. The molecule has 30 heavy (non-hydrogen) atoms. The van der Waals surface area contributed by atoms with Crippen molar-refractivity contribution in [3.63, 3.8) is 0 Å². The number of nitrogens with zero attached hydrogens (tertiary/aromatic N) is 4. The van der Waals surface area contributed by atoms with Crippen molar-refractivity contribution in [2.75, 3.05) is 0 Å². The minimum absolute atomic E-state index is 0.0981. The minimum atomic E-state index is -1.03. The Morgan fingerprint density at radius 3 is 2.70 bits per heavy atom. The highest BCUT2D eigenvalue weighted by Gasteiger charge is 2.14. The van der Waals surface area contributed by atoms with E-state index in [-0.39, 0.29) is 10.6 Å². The summed E-state index contributed by atoms with van der Waals surface area (Å²) < 4.78 is 3.14. The molecule has 0 spiro atoms. The molecule has 2 heterocycles. The Hall–Kier alpha value is -2.77. The van der Waals surface area contributed by atoms with E-state index in [0.29, 0.717) is 5.92 Å². The topological polar surface area (TPSA) is 80.9 Å². The van der Waals surface area contributed by atoms with Gasteiger partial charge in [-0.15, -0.1) is 21.5 Å². The summed E-state index contributed by atoms with van der Waals surface area (Å²) in [5.41, 5.74) is 3.16. The van der Waals surface area contributed by atoms with Crippen molar-refractivity contribution in [2.45, 2.75) is 32.7 Å². The fraction of sp³-hybridized carbons (Fsp3) is 0.273. The average molecular weight is 441 g/mol. The molecule has 8 heteroatoms. The third-order valence-corrected chi connectivity index (χ3v) is 6.64. The maximum Gasteiger partial charge on any atom is 0.337 e. The summed E-state index contributed by atoms with van der Waals surface area (Å²) in [6.07, 6.45) is 6.72. The zero-order valence-corrected chi connectivity index (χ0v) is 18.0. The van der Waals surface area contributed by atoms with Crippen molar-refractivity contribution in [1.82, 2.24) is 19.7 Å². The van der Waals surface area contributed by atoms with Gasteiger partial charge in [0, 0.05) is 12.1 Å². The van der Waals surface area contributed by atoms with Crippen LogP contribution in [0.2, 0.25) is 5.02 Å².